The van der Waals surface area contributed by atoms with Gasteiger partial charge in [0.2, 0.25) is 5.89 Å². The van der Waals surface area contributed by atoms with Crippen molar-refractivity contribution in [3.8, 4) is 0 Å². The fraction of sp³-hybridized carbons (Fsp3) is 0.750. The molecule has 1 unspecified atom stereocenters. The second-order valence-electron chi connectivity index (χ2n) is 3.17. The van der Waals surface area contributed by atoms with E-state index in [1.807, 2.05) is 0 Å². The summed E-state index contributed by atoms with van der Waals surface area (Å²) in [4.78, 5) is 0.940. The van der Waals surface area contributed by atoms with Crippen LogP contribution >= 0.6 is 11.6 Å². The third kappa shape index (κ3) is 3.55. The van der Waals surface area contributed by atoms with Crippen LogP contribution in [0.1, 0.15) is 25.1 Å². The fourth-order valence-corrected chi connectivity index (χ4v) is 1.13. The first kappa shape index (κ1) is 13.1. The summed E-state index contributed by atoms with van der Waals surface area (Å²) in [5.74, 6) is 0.109. The number of aromatic nitrogens is 2. The predicted molar refractivity (Wildman–Crippen MR) is 52.5 cm³/mol. The molecule has 0 bridgehead atoms. The molecule has 4 nitrogen and oxygen atoms in total. The van der Waals surface area contributed by atoms with Crippen molar-refractivity contribution < 1.29 is 17.6 Å². The summed E-state index contributed by atoms with van der Waals surface area (Å²) in [5, 5.41) is 6.55. The quantitative estimate of drug-likeness (QED) is 0.778. The average molecular weight is 258 g/mol. The van der Waals surface area contributed by atoms with E-state index in [0.717, 1.165) is 4.90 Å². The Balaban J connectivity index is 2.79. The Labute approximate surface area is 95.4 Å². The van der Waals surface area contributed by atoms with E-state index >= 15 is 0 Å². The van der Waals surface area contributed by atoms with Gasteiger partial charge in [0.1, 0.15) is 11.9 Å². The molecule has 0 aromatic carbocycles. The summed E-state index contributed by atoms with van der Waals surface area (Å²) < 4.78 is 41.6. The molecule has 0 aliphatic rings. The van der Waals surface area contributed by atoms with Gasteiger partial charge in [0.25, 0.3) is 0 Å². The van der Waals surface area contributed by atoms with E-state index in [9.17, 15) is 13.2 Å². The Bertz CT molecular complexity index is 340. The van der Waals surface area contributed by atoms with Crippen LogP contribution in [0.25, 0.3) is 0 Å². The van der Waals surface area contributed by atoms with E-state index in [4.69, 9.17) is 16.0 Å². The normalized spacial score (nSPS) is 13.9. The van der Waals surface area contributed by atoms with E-state index in [-0.39, 0.29) is 18.5 Å². The highest BCUT2D eigenvalue weighted by Crippen LogP contribution is 2.24. The number of hydrogen-bond acceptors (Lipinski definition) is 4. The highest BCUT2D eigenvalue weighted by atomic mass is 35.5. The summed E-state index contributed by atoms with van der Waals surface area (Å²) >= 11 is 5.66. The molecular weight excluding hydrogens is 247 g/mol. The van der Waals surface area contributed by atoms with Gasteiger partial charge in [-0.05, 0) is 13.8 Å². The van der Waals surface area contributed by atoms with Gasteiger partial charge in [-0.1, -0.05) is 5.10 Å². The predicted octanol–water partition coefficient (Wildman–Crippen LogP) is 2.76. The molecule has 0 aliphatic heterocycles. The fourth-order valence-electron chi connectivity index (χ4n) is 1.05. The van der Waals surface area contributed by atoms with Gasteiger partial charge in [0.05, 0.1) is 0 Å². The van der Waals surface area contributed by atoms with Gasteiger partial charge >= 0.3 is 12.2 Å². The molecule has 16 heavy (non-hydrogen) atoms. The maximum Gasteiger partial charge on any atom is 0.406 e. The van der Waals surface area contributed by atoms with Gasteiger partial charge in [-0.15, -0.1) is 16.7 Å². The topological polar surface area (TPSA) is 42.2 Å². The van der Waals surface area contributed by atoms with Gasteiger partial charge in [0.15, 0.2) is 0 Å². The van der Waals surface area contributed by atoms with Crippen LogP contribution in [-0.4, -0.2) is 29.5 Å². The number of hydrogen-bond donors (Lipinski definition) is 0. The minimum absolute atomic E-state index is 0.109. The molecule has 1 atom stereocenters. The average Bonchev–Trinajstić information content (AvgIpc) is 2.61. The Morgan fingerprint density at radius 1 is 1.44 bits per heavy atom. The first-order valence-corrected chi connectivity index (χ1v) is 5.06. The Kier molecular flexibility index (Phi) is 4.01. The molecule has 0 saturated carbocycles. The van der Waals surface area contributed by atoms with E-state index in [2.05, 4.69) is 10.2 Å². The van der Waals surface area contributed by atoms with Crippen LogP contribution in [0, 0.1) is 0 Å². The molecule has 0 amide bonds. The lowest BCUT2D eigenvalue weighted by molar-refractivity contribution is -0.120. The first-order valence-electron chi connectivity index (χ1n) is 4.62. The number of anilines is 1. The Hall–Kier alpha value is -0.980. The summed E-state index contributed by atoms with van der Waals surface area (Å²) in [7, 11) is 0. The molecule has 1 aromatic heterocycles. The maximum atomic E-state index is 12.2. The minimum atomic E-state index is -4.31. The molecule has 1 heterocycles. The van der Waals surface area contributed by atoms with Crippen molar-refractivity contribution >= 4 is 17.6 Å². The Morgan fingerprint density at radius 3 is 2.44 bits per heavy atom. The van der Waals surface area contributed by atoms with Crippen LogP contribution in [0.3, 0.4) is 0 Å². The summed E-state index contributed by atoms with van der Waals surface area (Å²) in [6.45, 7) is 2.16. The minimum Gasteiger partial charge on any atom is -0.406 e. The summed E-state index contributed by atoms with van der Waals surface area (Å²) in [6, 6.07) is -0.165. The second kappa shape index (κ2) is 4.90. The van der Waals surface area contributed by atoms with Crippen LogP contribution in [0.2, 0.25) is 0 Å². The van der Waals surface area contributed by atoms with Crippen molar-refractivity contribution in [2.75, 3.05) is 18.0 Å². The lowest BCUT2D eigenvalue weighted by Crippen LogP contribution is -2.34. The van der Waals surface area contributed by atoms with E-state index in [1.165, 1.54) is 0 Å². The zero-order valence-electron chi connectivity index (χ0n) is 8.75. The van der Waals surface area contributed by atoms with Gasteiger partial charge in [-0.3, -0.25) is 0 Å². The first-order chi connectivity index (χ1) is 7.33. The lowest BCUT2D eigenvalue weighted by atomic mass is 10.5. The van der Waals surface area contributed by atoms with Crippen LogP contribution in [0.15, 0.2) is 4.42 Å². The number of nitrogens with zero attached hydrogens (tertiary/aromatic N) is 3. The number of alkyl halides is 4. The van der Waals surface area contributed by atoms with Crippen LogP contribution in [-0.2, 0) is 0 Å². The molecule has 0 radical (unpaired) electrons. The molecule has 8 heteroatoms. The van der Waals surface area contributed by atoms with Gasteiger partial charge in [-0.2, -0.15) is 13.2 Å². The monoisotopic (exact) mass is 257 g/mol. The summed E-state index contributed by atoms with van der Waals surface area (Å²) in [5.41, 5.74) is 0. The molecule has 0 N–H and O–H groups in total. The van der Waals surface area contributed by atoms with Crippen molar-refractivity contribution in [1.82, 2.24) is 10.2 Å². The van der Waals surface area contributed by atoms with Gasteiger partial charge < -0.3 is 9.32 Å². The summed E-state index contributed by atoms with van der Waals surface area (Å²) in [6.07, 6.45) is -4.31. The molecular formula is C8H11ClF3N3O. The van der Waals surface area contributed by atoms with Crippen LogP contribution in [0.5, 0.6) is 0 Å². The van der Waals surface area contributed by atoms with Crippen molar-refractivity contribution in [2.24, 2.45) is 0 Å². The maximum absolute atomic E-state index is 12.2. The van der Waals surface area contributed by atoms with E-state index < -0.39 is 18.1 Å². The molecule has 0 saturated heterocycles. The van der Waals surface area contributed by atoms with Crippen molar-refractivity contribution in [3.05, 3.63) is 5.89 Å². The highest BCUT2D eigenvalue weighted by molar-refractivity contribution is 6.20. The van der Waals surface area contributed by atoms with Crippen molar-refractivity contribution in [1.29, 1.82) is 0 Å². The third-order valence-electron chi connectivity index (χ3n) is 1.79. The third-order valence-corrected chi connectivity index (χ3v) is 1.98. The van der Waals surface area contributed by atoms with Crippen LogP contribution < -0.4 is 4.90 Å². The van der Waals surface area contributed by atoms with E-state index in [0.29, 0.717) is 0 Å². The molecule has 92 valence electrons. The zero-order chi connectivity index (χ0) is 12.3. The number of rotatable bonds is 4. The lowest BCUT2D eigenvalue weighted by Gasteiger charge is -2.19. The number of halogens is 4. The molecule has 1 rings (SSSR count). The van der Waals surface area contributed by atoms with Crippen molar-refractivity contribution in [2.45, 2.75) is 25.4 Å². The molecule has 0 fully saturated rings. The molecule has 1 aromatic rings. The molecule has 0 spiro atoms. The van der Waals surface area contributed by atoms with Crippen LogP contribution in [0.4, 0.5) is 19.2 Å². The highest BCUT2D eigenvalue weighted by Gasteiger charge is 2.32. The van der Waals surface area contributed by atoms with Crippen molar-refractivity contribution in [3.63, 3.8) is 0 Å². The van der Waals surface area contributed by atoms with Gasteiger partial charge in [0, 0.05) is 6.54 Å². The van der Waals surface area contributed by atoms with Gasteiger partial charge in [-0.25, -0.2) is 0 Å². The zero-order valence-corrected chi connectivity index (χ0v) is 9.51. The standard InChI is InChI=1S/C8H11ClF3N3O/c1-3-15(4-8(10,11)12)7-14-13-6(16-7)5(2)9/h5H,3-4H2,1-2H3. The Morgan fingerprint density at radius 2 is 2.06 bits per heavy atom. The largest absolute Gasteiger partial charge is 0.406 e. The smallest absolute Gasteiger partial charge is 0.406 e. The molecule has 0 aliphatic carbocycles. The SMILES string of the molecule is CCN(CC(F)(F)F)c1nnc(C(C)Cl)o1. The second-order valence-corrected chi connectivity index (χ2v) is 3.82. The van der Waals surface area contributed by atoms with E-state index in [1.54, 1.807) is 13.8 Å².